The molecule has 0 aliphatic heterocycles. The second-order valence-corrected chi connectivity index (χ2v) is 4.97. The van der Waals surface area contributed by atoms with Crippen molar-refractivity contribution in [3.05, 3.63) is 71.8 Å². The first-order valence-electron chi connectivity index (χ1n) is 6.71. The van der Waals surface area contributed by atoms with Crippen molar-refractivity contribution in [2.24, 2.45) is 0 Å². The lowest BCUT2D eigenvalue weighted by molar-refractivity contribution is 0.169. The Hall–Kier alpha value is -2.29. The number of rotatable bonds is 4. The summed E-state index contributed by atoms with van der Waals surface area (Å²) in [5.74, 6) is 0. The largest absolute Gasteiger partial charge is 0.323 e. The van der Waals surface area contributed by atoms with Crippen LogP contribution in [-0.2, 0) is 13.1 Å². The van der Waals surface area contributed by atoms with E-state index in [1.807, 2.05) is 74.8 Å². The van der Waals surface area contributed by atoms with Gasteiger partial charge in [-0.25, -0.2) is 4.79 Å². The second-order valence-electron chi connectivity index (χ2n) is 4.97. The minimum atomic E-state index is 0.0257. The Bertz CT molecular complexity index is 490. The van der Waals surface area contributed by atoms with Gasteiger partial charge in [0.05, 0.1) is 0 Å². The normalized spacial score (nSPS) is 10.1. The van der Waals surface area contributed by atoms with Crippen LogP contribution in [-0.4, -0.2) is 29.9 Å². The van der Waals surface area contributed by atoms with Crippen molar-refractivity contribution in [2.45, 2.75) is 13.1 Å². The molecule has 0 N–H and O–H groups in total. The number of hydrogen-bond donors (Lipinski definition) is 0. The maximum atomic E-state index is 12.3. The highest BCUT2D eigenvalue weighted by molar-refractivity contribution is 5.73. The van der Waals surface area contributed by atoms with E-state index < -0.39 is 0 Å². The molecular weight excluding hydrogens is 248 g/mol. The monoisotopic (exact) mass is 268 g/mol. The third kappa shape index (κ3) is 3.85. The zero-order valence-electron chi connectivity index (χ0n) is 12.0. The van der Waals surface area contributed by atoms with Gasteiger partial charge in [-0.3, -0.25) is 0 Å². The van der Waals surface area contributed by atoms with E-state index in [9.17, 15) is 4.79 Å². The van der Waals surface area contributed by atoms with Crippen molar-refractivity contribution in [2.75, 3.05) is 14.1 Å². The summed E-state index contributed by atoms with van der Waals surface area (Å²) >= 11 is 0. The summed E-state index contributed by atoms with van der Waals surface area (Å²) in [5, 5.41) is 0. The lowest BCUT2D eigenvalue weighted by Crippen LogP contribution is -2.37. The van der Waals surface area contributed by atoms with Crippen LogP contribution in [0.2, 0.25) is 0 Å². The van der Waals surface area contributed by atoms with Gasteiger partial charge in [-0.1, -0.05) is 60.7 Å². The fraction of sp³-hybridized carbons (Fsp3) is 0.235. The number of urea groups is 1. The van der Waals surface area contributed by atoms with Crippen LogP contribution in [0.1, 0.15) is 11.1 Å². The lowest BCUT2D eigenvalue weighted by Gasteiger charge is -2.25. The van der Waals surface area contributed by atoms with Gasteiger partial charge >= 0.3 is 6.03 Å². The molecule has 0 radical (unpaired) electrons. The molecule has 2 rings (SSSR count). The zero-order valence-corrected chi connectivity index (χ0v) is 12.0. The van der Waals surface area contributed by atoms with E-state index in [0.29, 0.717) is 13.1 Å². The van der Waals surface area contributed by atoms with Crippen molar-refractivity contribution in [3.63, 3.8) is 0 Å². The van der Waals surface area contributed by atoms with Gasteiger partial charge in [-0.2, -0.15) is 0 Å². The van der Waals surface area contributed by atoms with Crippen LogP contribution in [0, 0.1) is 0 Å². The van der Waals surface area contributed by atoms with Gasteiger partial charge in [0.25, 0.3) is 0 Å². The Labute approximate surface area is 120 Å². The fourth-order valence-electron chi connectivity index (χ4n) is 2.14. The first-order valence-corrected chi connectivity index (χ1v) is 6.71. The summed E-state index contributed by atoms with van der Waals surface area (Å²) in [6, 6.07) is 20.0. The molecule has 0 saturated carbocycles. The molecule has 0 heterocycles. The van der Waals surface area contributed by atoms with Crippen LogP contribution in [0.25, 0.3) is 0 Å². The molecule has 20 heavy (non-hydrogen) atoms. The number of carbonyl (C=O) groups excluding carboxylic acids is 1. The number of benzene rings is 2. The van der Waals surface area contributed by atoms with Crippen LogP contribution >= 0.6 is 0 Å². The van der Waals surface area contributed by atoms with Crippen molar-refractivity contribution in [1.82, 2.24) is 9.80 Å². The Morgan fingerprint density at radius 3 is 1.45 bits per heavy atom. The topological polar surface area (TPSA) is 23.6 Å². The molecule has 2 amide bonds. The van der Waals surface area contributed by atoms with Gasteiger partial charge in [-0.05, 0) is 11.1 Å². The van der Waals surface area contributed by atoms with Gasteiger partial charge in [0.1, 0.15) is 0 Å². The predicted molar refractivity (Wildman–Crippen MR) is 81.2 cm³/mol. The average molecular weight is 268 g/mol. The molecule has 3 heteroatoms. The smallest absolute Gasteiger partial charge is 0.320 e. The van der Waals surface area contributed by atoms with E-state index in [1.165, 1.54) is 0 Å². The Morgan fingerprint density at radius 1 is 0.750 bits per heavy atom. The van der Waals surface area contributed by atoms with E-state index >= 15 is 0 Å². The molecule has 104 valence electrons. The Kier molecular flexibility index (Phi) is 4.77. The lowest BCUT2D eigenvalue weighted by atomic mass is 10.2. The number of amides is 2. The Morgan fingerprint density at radius 2 is 1.10 bits per heavy atom. The van der Waals surface area contributed by atoms with Crippen LogP contribution in [0.3, 0.4) is 0 Å². The van der Waals surface area contributed by atoms with Crippen LogP contribution in [0.15, 0.2) is 60.7 Å². The first kappa shape index (κ1) is 14.1. The minimum absolute atomic E-state index is 0.0257. The Balaban J connectivity index is 1.93. The van der Waals surface area contributed by atoms with Crippen LogP contribution in [0.5, 0.6) is 0 Å². The summed E-state index contributed by atoms with van der Waals surface area (Å²) in [5.41, 5.74) is 2.27. The molecule has 0 fully saturated rings. The highest BCUT2D eigenvalue weighted by Crippen LogP contribution is 2.08. The van der Waals surface area contributed by atoms with Crippen LogP contribution < -0.4 is 0 Å². The average Bonchev–Trinajstić information content (AvgIpc) is 2.48. The molecule has 3 nitrogen and oxygen atoms in total. The molecule has 0 atom stereocenters. The van der Waals surface area contributed by atoms with Gasteiger partial charge in [-0.15, -0.1) is 0 Å². The molecule has 0 spiro atoms. The quantitative estimate of drug-likeness (QED) is 0.834. The van der Waals surface area contributed by atoms with E-state index in [1.54, 1.807) is 9.80 Å². The summed E-state index contributed by atoms with van der Waals surface area (Å²) in [6.45, 7) is 1.25. The highest BCUT2D eigenvalue weighted by atomic mass is 16.2. The summed E-state index contributed by atoms with van der Waals surface area (Å²) in [6.07, 6.45) is 0. The summed E-state index contributed by atoms with van der Waals surface area (Å²) in [4.78, 5) is 15.8. The van der Waals surface area contributed by atoms with Crippen molar-refractivity contribution < 1.29 is 4.79 Å². The molecule has 0 aromatic heterocycles. The number of hydrogen-bond acceptors (Lipinski definition) is 1. The summed E-state index contributed by atoms with van der Waals surface area (Å²) in [7, 11) is 3.66. The molecular formula is C17H20N2O. The number of nitrogens with zero attached hydrogens (tertiary/aromatic N) is 2. The molecule has 0 aliphatic carbocycles. The van der Waals surface area contributed by atoms with E-state index in [-0.39, 0.29) is 6.03 Å². The van der Waals surface area contributed by atoms with Crippen LogP contribution in [0.4, 0.5) is 4.79 Å². The summed E-state index contributed by atoms with van der Waals surface area (Å²) < 4.78 is 0. The third-order valence-corrected chi connectivity index (χ3v) is 3.18. The fourth-order valence-corrected chi connectivity index (χ4v) is 2.14. The van der Waals surface area contributed by atoms with Crippen molar-refractivity contribution in [3.8, 4) is 0 Å². The molecule has 2 aromatic rings. The van der Waals surface area contributed by atoms with Crippen molar-refractivity contribution >= 4 is 6.03 Å². The van der Waals surface area contributed by atoms with Crippen molar-refractivity contribution in [1.29, 1.82) is 0 Å². The van der Waals surface area contributed by atoms with E-state index in [0.717, 1.165) is 11.1 Å². The predicted octanol–water partition coefficient (Wildman–Crippen LogP) is 3.37. The van der Waals surface area contributed by atoms with E-state index in [2.05, 4.69) is 0 Å². The maximum absolute atomic E-state index is 12.3. The first-order chi connectivity index (χ1) is 9.66. The second kappa shape index (κ2) is 6.75. The minimum Gasteiger partial charge on any atom is -0.323 e. The number of carbonyl (C=O) groups is 1. The molecule has 0 unspecified atom stereocenters. The molecule has 0 aliphatic rings. The zero-order chi connectivity index (χ0) is 14.4. The van der Waals surface area contributed by atoms with E-state index in [4.69, 9.17) is 0 Å². The van der Waals surface area contributed by atoms with Gasteiger partial charge in [0.2, 0.25) is 0 Å². The maximum Gasteiger partial charge on any atom is 0.320 e. The van der Waals surface area contributed by atoms with Gasteiger partial charge in [0, 0.05) is 27.2 Å². The SMILES string of the molecule is CN(Cc1ccccc1)C(=O)N(C)Cc1ccccc1. The highest BCUT2D eigenvalue weighted by Gasteiger charge is 2.14. The third-order valence-electron chi connectivity index (χ3n) is 3.18. The van der Waals surface area contributed by atoms with Gasteiger partial charge in [0.15, 0.2) is 0 Å². The molecule has 2 aromatic carbocycles. The molecule has 0 saturated heterocycles. The standard InChI is InChI=1S/C17H20N2O/c1-18(13-15-9-5-3-6-10-15)17(20)19(2)14-16-11-7-4-8-12-16/h3-12H,13-14H2,1-2H3. The molecule has 0 bridgehead atoms. The van der Waals surface area contributed by atoms with Gasteiger partial charge < -0.3 is 9.80 Å².